The number of hydrogen-bond acceptors (Lipinski definition) is 4. The van der Waals surface area contributed by atoms with E-state index >= 15 is 0 Å². The van der Waals surface area contributed by atoms with Crippen LogP contribution in [0.2, 0.25) is 0 Å². The van der Waals surface area contributed by atoms with Crippen molar-refractivity contribution in [2.45, 2.75) is 0 Å². The molecule has 2 N–H and O–H groups in total. The van der Waals surface area contributed by atoms with Crippen LogP contribution in [0.3, 0.4) is 0 Å². The topological polar surface area (TPSA) is 43.7 Å². The van der Waals surface area contributed by atoms with Gasteiger partial charge in [-0.05, 0) is 0 Å². The number of rotatable bonds is 4. The minimum atomic E-state index is 0. The second-order valence-corrected chi connectivity index (χ2v) is 2.73. The monoisotopic (exact) mass is 203 g/mol. The molecule has 60 valence electrons. The van der Waals surface area contributed by atoms with Crippen molar-refractivity contribution in [1.29, 1.82) is 0 Å². The zero-order valence-electron chi connectivity index (χ0n) is 6.49. The summed E-state index contributed by atoms with van der Waals surface area (Å²) in [7, 11) is 0. The van der Waals surface area contributed by atoms with Gasteiger partial charge in [0.25, 0.3) is 0 Å². The molecule has 0 unspecified atom stereocenters. The van der Waals surface area contributed by atoms with E-state index in [4.69, 9.17) is 10.2 Å². The Kier molecular flexibility index (Phi) is 12.1. The maximum Gasteiger partial charge on any atom is 1.00 e. The maximum absolute atomic E-state index is 8.48. The molecule has 0 saturated heterocycles. The Bertz CT molecular complexity index is 109. The summed E-state index contributed by atoms with van der Waals surface area (Å²) < 4.78 is 0.295. The molecule has 0 aliphatic heterocycles. The summed E-state index contributed by atoms with van der Waals surface area (Å²) >= 11 is 9.33. The molecule has 0 rings (SSSR count). The van der Waals surface area contributed by atoms with Crippen molar-refractivity contribution >= 4 is 29.2 Å². The van der Waals surface area contributed by atoms with Gasteiger partial charge in [-0.3, -0.25) is 0 Å². The van der Waals surface area contributed by atoms with Crippen LogP contribution in [-0.2, 0) is 12.6 Å². The molecule has 6 heteroatoms. The molecule has 0 aromatic carbocycles. The third kappa shape index (κ3) is 7.39. The van der Waals surface area contributed by atoms with Crippen molar-refractivity contribution in [2.75, 3.05) is 26.3 Å². The predicted molar refractivity (Wildman–Crippen MR) is 45.7 cm³/mol. The normalized spacial score (nSPS) is 8.55. The molecule has 0 heterocycles. The number of thiocarbonyl (C=S) groups is 1. The Morgan fingerprint density at radius 1 is 1.27 bits per heavy atom. The fourth-order valence-electron chi connectivity index (χ4n) is 0.536. The second-order valence-electron chi connectivity index (χ2n) is 1.70. The van der Waals surface area contributed by atoms with Crippen molar-refractivity contribution in [3.63, 3.8) is 0 Å². The third-order valence-electron chi connectivity index (χ3n) is 0.998. The van der Waals surface area contributed by atoms with E-state index in [1.807, 2.05) is 0 Å². The number of aliphatic hydroxyl groups is 2. The smallest absolute Gasteiger partial charge is 0.411 e. The van der Waals surface area contributed by atoms with Crippen LogP contribution in [0.5, 0.6) is 0 Å². The molecule has 0 saturated carbocycles. The van der Waals surface area contributed by atoms with E-state index in [-0.39, 0.29) is 42.8 Å². The van der Waals surface area contributed by atoms with Gasteiger partial charge in [-0.2, -0.15) is 0 Å². The van der Waals surface area contributed by atoms with Gasteiger partial charge in [-0.1, -0.05) is 4.32 Å². The Labute approximate surface area is 99.5 Å². The molecule has 3 nitrogen and oxygen atoms in total. The molecule has 0 aliphatic carbocycles. The molecular formula is C5H10NNaO2S2. The minimum absolute atomic E-state index is 0. The molecule has 0 aliphatic rings. The maximum atomic E-state index is 8.48. The van der Waals surface area contributed by atoms with Crippen LogP contribution in [-0.4, -0.2) is 45.7 Å². The molecule has 0 aromatic heterocycles. The molecule has 0 spiro atoms. The standard InChI is InChI=1S/C5H11NO2S2.Na/c7-3-1-6(2-4-8)5(9)10;/h7-8H,1-4H2,(H,9,10);/q;+1/p-1. The average Bonchev–Trinajstić information content (AvgIpc) is 1.87. The number of hydrogen-bond donors (Lipinski definition) is 2. The largest absolute Gasteiger partial charge is 1.00 e. The molecular weight excluding hydrogens is 193 g/mol. The van der Waals surface area contributed by atoms with E-state index < -0.39 is 0 Å². The summed E-state index contributed by atoms with van der Waals surface area (Å²) in [6.07, 6.45) is 0. The molecule has 0 aromatic rings. The van der Waals surface area contributed by atoms with E-state index in [1.165, 1.54) is 0 Å². The zero-order chi connectivity index (χ0) is 7.98. The fourth-order valence-corrected chi connectivity index (χ4v) is 0.901. The van der Waals surface area contributed by atoms with Crippen LogP contribution in [0.4, 0.5) is 0 Å². The van der Waals surface area contributed by atoms with Gasteiger partial charge in [0, 0.05) is 13.1 Å². The Balaban J connectivity index is 0. The van der Waals surface area contributed by atoms with E-state index in [0.717, 1.165) is 0 Å². The summed E-state index contributed by atoms with van der Waals surface area (Å²) in [6, 6.07) is 0. The van der Waals surface area contributed by atoms with Gasteiger partial charge in [0.2, 0.25) is 0 Å². The average molecular weight is 203 g/mol. The van der Waals surface area contributed by atoms with Gasteiger partial charge in [0.1, 0.15) is 0 Å². The van der Waals surface area contributed by atoms with Crippen molar-refractivity contribution in [1.82, 2.24) is 4.90 Å². The summed E-state index contributed by atoms with van der Waals surface area (Å²) in [5.74, 6) is 0. The number of nitrogens with zero attached hydrogens (tertiary/aromatic N) is 1. The Morgan fingerprint density at radius 2 is 1.64 bits per heavy atom. The first-order valence-electron chi connectivity index (χ1n) is 2.90. The second kappa shape index (κ2) is 9.12. The van der Waals surface area contributed by atoms with Gasteiger partial charge in [0.05, 0.1) is 13.2 Å². The SMILES string of the molecule is OCCN(CCO)C(=S)[S-].[Na+]. The van der Waals surface area contributed by atoms with Crippen LogP contribution < -0.4 is 29.6 Å². The Hall–Kier alpha value is 1.03. The Morgan fingerprint density at radius 3 is 1.82 bits per heavy atom. The third-order valence-corrected chi connectivity index (χ3v) is 1.51. The molecule has 0 bridgehead atoms. The quantitative estimate of drug-likeness (QED) is 0.278. The molecule has 0 fully saturated rings. The molecule has 11 heavy (non-hydrogen) atoms. The van der Waals surface area contributed by atoms with Crippen LogP contribution in [0.15, 0.2) is 0 Å². The first-order valence-corrected chi connectivity index (χ1v) is 3.71. The number of aliphatic hydroxyl groups excluding tert-OH is 2. The molecule has 0 amide bonds. The van der Waals surface area contributed by atoms with Crippen LogP contribution in [0, 0.1) is 0 Å². The first kappa shape index (κ1) is 14.5. The van der Waals surface area contributed by atoms with Crippen molar-refractivity contribution in [2.24, 2.45) is 0 Å². The van der Waals surface area contributed by atoms with E-state index in [9.17, 15) is 0 Å². The summed E-state index contributed by atoms with van der Waals surface area (Å²) in [6.45, 7) is 0.833. The fraction of sp³-hybridized carbons (Fsp3) is 0.800. The summed E-state index contributed by atoms with van der Waals surface area (Å²) in [5, 5.41) is 17.0. The molecule has 0 atom stereocenters. The van der Waals surface area contributed by atoms with Crippen LogP contribution >= 0.6 is 12.2 Å². The van der Waals surface area contributed by atoms with Crippen LogP contribution in [0.1, 0.15) is 0 Å². The van der Waals surface area contributed by atoms with Gasteiger partial charge in [-0.25, -0.2) is 0 Å². The van der Waals surface area contributed by atoms with Gasteiger partial charge in [0.15, 0.2) is 0 Å². The predicted octanol–water partition coefficient (Wildman–Crippen LogP) is -3.89. The summed E-state index contributed by atoms with van der Waals surface area (Å²) in [5.41, 5.74) is 0. The van der Waals surface area contributed by atoms with E-state index in [1.54, 1.807) is 4.90 Å². The van der Waals surface area contributed by atoms with Crippen molar-refractivity contribution in [3.8, 4) is 0 Å². The summed E-state index contributed by atoms with van der Waals surface area (Å²) in [4.78, 5) is 1.57. The molecule has 0 radical (unpaired) electrons. The zero-order valence-corrected chi connectivity index (χ0v) is 10.1. The van der Waals surface area contributed by atoms with Gasteiger partial charge in [-0.15, -0.1) is 0 Å². The first-order chi connectivity index (χ1) is 4.72. The van der Waals surface area contributed by atoms with Crippen molar-refractivity contribution < 1.29 is 39.8 Å². The minimum Gasteiger partial charge on any atom is -0.411 e. The van der Waals surface area contributed by atoms with Gasteiger partial charge < -0.3 is 40.0 Å². The van der Waals surface area contributed by atoms with Gasteiger partial charge >= 0.3 is 29.6 Å². The van der Waals surface area contributed by atoms with Crippen LogP contribution in [0.25, 0.3) is 0 Å². The van der Waals surface area contributed by atoms with Crippen molar-refractivity contribution in [3.05, 3.63) is 0 Å². The van der Waals surface area contributed by atoms with E-state index in [2.05, 4.69) is 24.8 Å². The van der Waals surface area contributed by atoms with E-state index in [0.29, 0.717) is 17.4 Å².